The number of fused-ring (bicyclic) bond motifs is 2. The molecule has 4 rings (SSSR count). The number of rotatable bonds is 3. The third-order valence-electron chi connectivity index (χ3n) is 5.72. The van der Waals surface area contributed by atoms with E-state index in [4.69, 9.17) is 0 Å². The van der Waals surface area contributed by atoms with Crippen LogP contribution in [0.4, 0.5) is 4.39 Å². The molecule has 3 heterocycles. The zero-order valence-electron chi connectivity index (χ0n) is 14.2. The van der Waals surface area contributed by atoms with E-state index in [2.05, 4.69) is 15.5 Å². The first kappa shape index (κ1) is 16.1. The van der Waals surface area contributed by atoms with E-state index in [1.807, 2.05) is 0 Å². The molecule has 8 heteroatoms. The number of tetrazole rings is 1. The van der Waals surface area contributed by atoms with E-state index >= 15 is 0 Å². The molecule has 1 aromatic carbocycles. The van der Waals surface area contributed by atoms with Gasteiger partial charge < -0.3 is 10.0 Å². The van der Waals surface area contributed by atoms with E-state index in [0.717, 1.165) is 25.7 Å². The van der Waals surface area contributed by atoms with Gasteiger partial charge in [-0.1, -0.05) is 0 Å². The molecule has 2 fully saturated rings. The van der Waals surface area contributed by atoms with Gasteiger partial charge in [-0.3, -0.25) is 4.79 Å². The third-order valence-corrected chi connectivity index (χ3v) is 5.72. The molecule has 2 saturated heterocycles. The molecule has 1 N–H and O–H groups in total. The minimum Gasteiger partial charge on any atom is -0.391 e. The number of carbonyl (C=O) groups excluding carboxylic acids is 1. The summed E-state index contributed by atoms with van der Waals surface area (Å²) in [6, 6.07) is 4.46. The summed E-state index contributed by atoms with van der Waals surface area (Å²) in [5, 5.41) is 21.4. The van der Waals surface area contributed by atoms with Crippen molar-refractivity contribution in [2.45, 2.75) is 57.2 Å². The number of aryl methyl sites for hydroxylation is 1. The summed E-state index contributed by atoms with van der Waals surface area (Å²) in [6.07, 6.45) is 2.63. The number of hydrogen-bond donors (Lipinski definition) is 1. The number of aliphatic hydroxyl groups is 1. The molecule has 1 unspecified atom stereocenters. The maximum absolute atomic E-state index is 14.7. The molecular formula is C17H20FN5O2. The molecule has 0 spiro atoms. The molecule has 0 radical (unpaired) electrons. The van der Waals surface area contributed by atoms with Gasteiger partial charge in [0.25, 0.3) is 5.91 Å². The molecule has 7 nitrogen and oxygen atoms in total. The largest absolute Gasteiger partial charge is 0.391 e. The Balaban J connectivity index is 1.69. The van der Waals surface area contributed by atoms with Gasteiger partial charge in [-0.25, -0.2) is 4.39 Å². The van der Waals surface area contributed by atoms with Crippen molar-refractivity contribution in [3.05, 3.63) is 35.4 Å². The van der Waals surface area contributed by atoms with Gasteiger partial charge in [0.1, 0.15) is 5.82 Å². The standard InChI is InChI=1S/C17H20FN5O2/c1-10(24)17-7-5-12(6-8-17)22(17)16(25)14-4-3-13(9-15(14)18)23-11(2)19-20-21-23/h3-4,9-10,12,24H,5-8H2,1-2H3. The average molecular weight is 345 g/mol. The van der Waals surface area contributed by atoms with Crippen LogP contribution in [0, 0.1) is 12.7 Å². The second-order valence-corrected chi connectivity index (χ2v) is 6.99. The summed E-state index contributed by atoms with van der Waals surface area (Å²) in [5.74, 6) is -0.424. The normalized spacial score (nSPS) is 26.2. The minimum atomic E-state index is -0.629. The zero-order valence-corrected chi connectivity index (χ0v) is 14.2. The second kappa shape index (κ2) is 5.59. The highest BCUT2D eigenvalue weighted by molar-refractivity contribution is 5.96. The number of hydrogen-bond acceptors (Lipinski definition) is 5. The van der Waals surface area contributed by atoms with Crippen molar-refractivity contribution in [2.75, 3.05) is 0 Å². The van der Waals surface area contributed by atoms with Crippen LogP contribution in [0.1, 0.15) is 48.8 Å². The monoisotopic (exact) mass is 345 g/mol. The van der Waals surface area contributed by atoms with E-state index in [-0.39, 0.29) is 17.5 Å². The number of benzene rings is 1. The molecule has 0 aliphatic carbocycles. The van der Waals surface area contributed by atoms with E-state index in [1.165, 1.54) is 16.8 Å². The number of nitrogens with zero attached hydrogens (tertiary/aromatic N) is 5. The first-order valence-corrected chi connectivity index (χ1v) is 8.51. The number of aliphatic hydroxyl groups excluding tert-OH is 1. The van der Waals surface area contributed by atoms with Gasteiger partial charge in [0, 0.05) is 12.1 Å². The topological polar surface area (TPSA) is 84.1 Å². The molecule has 25 heavy (non-hydrogen) atoms. The van der Waals surface area contributed by atoms with Crippen molar-refractivity contribution in [3.63, 3.8) is 0 Å². The molecular weight excluding hydrogens is 325 g/mol. The van der Waals surface area contributed by atoms with E-state index < -0.39 is 17.5 Å². The number of amides is 1. The summed E-state index contributed by atoms with van der Waals surface area (Å²) in [6.45, 7) is 3.43. The Kier molecular flexibility index (Phi) is 3.61. The Labute approximate surface area is 144 Å². The van der Waals surface area contributed by atoms with Crippen LogP contribution in [-0.4, -0.2) is 53.8 Å². The molecule has 1 atom stereocenters. The van der Waals surface area contributed by atoms with Crippen molar-refractivity contribution in [1.82, 2.24) is 25.1 Å². The van der Waals surface area contributed by atoms with Crippen LogP contribution in [0.2, 0.25) is 0 Å². The Morgan fingerprint density at radius 3 is 2.68 bits per heavy atom. The minimum absolute atomic E-state index is 0.0216. The van der Waals surface area contributed by atoms with Crippen LogP contribution in [0.25, 0.3) is 5.69 Å². The van der Waals surface area contributed by atoms with Gasteiger partial charge in [0.05, 0.1) is 22.9 Å². The van der Waals surface area contributed by atoms with Gasteiger partial charge in [0.2, 0.25) is 0 Å². The molecule has 2 aliphatic rings. The van der Waals surface area contributed by atoms with Crippen LogP contribution in [0.15, 0.2) is 18.2 Å². The molecule has 2 aliphatic heterocycles. The highest BCUT2D eigenvalue weighted by Crippen LogP contribution is 2.49. The van der Waals surface area contributed by atoms with E-state index in [0.29, 0.717) is 11.5 Å². The van der Waals surface area contributed by atoms with Crippen LogP contribution >= 0.6 is 0 Å². The van der Waals surface area contributed by atoms with E-state index in [1.54, 1.807) is 24.8 Å². The fourth-order valence-electron chi connectivity index (χ4n) is 4.36. The molecule has 0 saturated carbocycles. The highest BCUT2D eigenvalue weighted by atomic mass is 19.1. The van der Waals surface area contributed by atoms with Gasteiger partial charge >= 0.3 is 0 Å². The summed E-state index contributed by atoms with van der Waals surface area (Å²) < 4.78 is 16.1. The zero-order chi connectivity index (χ0) is 17.8. The van der Waals surface area contributed by atoms with Crippen LogP contribution in [0.5, 0.6) is 0 Å². The molecule has 1 amide bonds. The van der Waals surface area contributed by atoms with Crippen LogP contribution in [0.3, 0.4) is 0 Å². The predicted octanol–water partition coefficient (Wildman–Crippen LogP) is 1.63. The maximum atomic E-state index is 14.7. The lowest BCUT2D eigenvalue weighted by molar-refractivity contribution is 0.0142. The van der Waals surface area contributed by atoms with Crippen molar-refractivity contribution in [1.29, 1.82) is 0 Å². The van der Waals surface area contributed by atoms with Gasteiger partial charge in [-0.15, -0.1) is 5.10 Å². The van der Waals surface area contributed by atoms with Crippen molar-refractivity contribution in [3.8, 4) is 5.69 Å². The Bertz CT molecular complexity index is 826. The SMILES string of the molecule is Cc1nnnn1-c1ccc(C(=O)N2C3CCC2(C(C)O)CC3)c(F)c1. The lowest BCUT2D eigenvalue weighted by Gasteiger charge is -2.37. The maximum Gasteiger partial charge on any atom is 0.257 e. The highest BCUT2D eigenvalue weighted by Gasteiger charge is 2.56. The second-order valence-electron chi connectivity index (χ2n) is 6.99. The Morgan fingerprint density at radius 1 is 1.40 bits per heavy atom. The van der Waals surface area contributed by atoms with Gasteiger partial charge in [-0.2, -0.15) is 4.68 Å². The lowest BCUT2D eigenvalue weighted by atomic mass is 9.83. The third kappa shape index (κ3) is 2.27. The van der Waals surface area contributed by atoms with Crippen molar-refractivity contribution >= 4 is 5.91 Å². The molecule has 1 aromatic heterocycles. The fraction of sp³-hybridized carbons (Fsp3) is 0.529. The number of halogens is 1. The fourth-order valence-corrected chi connectivity index (χ4v) is 4.36. The summed E-state index contributed by atoms with van der Waals surface area (Å²) >= 11 is 0. The van der Waals surface area contributed by atoms with Gasteiger partial charge in [-0.05, 0) is 62.1 Å². The lowest BCUT2D eigenvalue weighted by Crippen LogP contribution is -2.52. The number of carbonyl (C=O) groups is 1. The average Bonchev–Trinajstić information content (AvgIpc) is 3.27. The van der Waals surface area contributed by atoms with Gasteiger partial charge in [0.15, 0.2) is 5.82 Å². The van der Waals surface area contributed by atoms with Crippen LogP contribution < -0.4 is 0 Å². The smallest absolute Gasteiger partial charge is 0.257 e. The number of aromatic nitrogens is 4. The Morgan fingerprint density at radius 2 is 2.12 bits per heavy atom. The Hall–Kier alpha value is -2.35. The summed E-state index contributed by atoms with van der Waals surface area (Å²) in [5.41, 5.74) is -0.0706. The molecule has 132 valence electrons. The first-order valence-electron chi connectivity index (χ1n) is 8.51. The summed E-state index contributed by atoms with van der Waals surface area (Å²) in [4.78, 5) is 14.8. The summed E-state index contributed by atoms with van der Waals surface area (Å²) in [7, 11) is 0. The molecule has 2 aromatic rings. The molecule has 2 bridgehead atoms. The quantitative estimate of drug-likeness (QED) is 0.914. The van der Waals surface area contributed by atoms with E-state index in [9.17, 15) is 14.3 Å². The van der Waals surface area contributed by atoms with Crippen molar-refractivity contribution in [2.24, 2.45) is 0 Å². The first-order chi connectivity index (χ1) is 11.9. The van der Waals surface area contributed by atoms with Crippen LogP contribution in [-0.2, 0) is 0 Å². The predicted molar refractivity (Wildman–Crippen MR) is 86.7 cm³/mol. The van der Waals surface area contributed by atoms with Crippen molar-refractivity contribution < 1.29 is 14.3 Å².